The largest absolute Gasteiger partial charge is 0.331 e. The summed E-state index contributed by atoms with van der Waals surface area (Å²) in [5, 5.41) is 0. The van der Waals surface area contributed by atoms with Gasteiger partial charge in [-0.05, 0) is 50.3 Å². The van der Waals surface area contributed by atoms with Crippen molar-refractivity contribution in [1.29, 1.82) is 0 Å². The van der Waals surface area contributed by atoms with Crippen LogP contribution in [-0.2, 0) is 17.9 Å². The van der Waals surface area contributed by atoms with Crippen molar-refractivity contribution in [1.82, 2.24) is 14.5 Å². The highest BCUT2D eigenvalue weighted by molar-refractivity contribution is 5.79. The van der Waals surface area contributed by atoms with Crippen LogP contribution in [0.25, 0.3) is 0 Å². The molecule has 0 N–H and O–H groups in total. The molecule has 3 rings (SSSR count). The summed E-state index contributed by atoms with van der Waals surface area (Å²) in [7, 11) is 0. The van der Waals surface area contributed by atoms with Crippen molar-refractivity contribution in [2.75, 3.05) is 6.54 Å². The Hall–Kier alpha value is -2.36. The van der Waals surface area contributed by atoms with Gasteiger partial charge in [0.2, 0.25) is 5.91 Å². The van der Waals surface area contributed by atoms with Crippen LogP contribution in [0.15, 0.2) is 37.2 Å². The van der Waals surface area contributed by atoms with Crippen LogP contribution in [0.3, 0.4) is 0 Å². The molecule has 0 saturated heterocycles. The molecule has 1 aliphatic rings. The van der Waals surface area contributed by atoms with Crippen molar-refractivity contribution < 1.29 is 4.79 Å². The van der Waals surface area contributed by atoms with E-state index in [0.29, 0.717) is 13.1 Å². The monoisotopic (exact) mass is 351 g/mol. The first kappa shape index (κ1) is 18.4. The number of carbonyl (C=O) groups excluding carboxylic acids is 1. The van der Waals surface area contributed by atoms with Gasteiger partial charge in [-0.25, -0.2) is 4.98 Å². The molecular weight excluding hydrogens is 322 g/mol. The van der Waals surface area contributed by atoms with Gasteiger partial charge in [-0.3, -0.25) is 4.79 Å². The number of rotatable bonds is 7. The summed E-state index contributed by atoms with van der Waals surface area (Å²) in [5.74, 6) is 1.37. The van der Waals surface area contributed by atoms with E-state index in [9.17, 15) is 4.79 Å². The maximum atomic E-state index is 12.7. The molecule has 4 nitrogen and oxygen atoms in total. The van der Waals surface area contributed by atoms with Crippen LogP contribution in [0.2, 0.25) is 0 Å². The van der Waals surface area contributed by atoms with Crippen LogP contribution >= 0.6 is 0 Å². The molecule has 0 unspecified atom stereocenters. The van der Waals surface area contributed by atoms with Crippen molar-refractivity contribution in [3.63, 3.8) is 0 Å². The maximum Gasteiger partial charge on any atom is 0.226 e. The maximum absolute atomic E-state index is 12.7. The van der Waals surface area contributed by atoms with Gasteiger partial charge in [0.15, 0.2) is 0 Å². The van der Waals surface area contributed by atoms with E-state index in [-0.39, 0.29) is 11.8 Å². The third kappa shape index (κ3) is 3.90. The molecule has 0 bridgehead atoms. The Bertz CT molecular complexity index is 778. The molecule has 2 aromatic rings. The summed E-state index contributed by atoms with van der Waals surface area (Å²) in [6.07, 6.45) is 8.84. The number of aromatic nitrogens is 2. The predicted octanol–water partition coefficient (Wildman–Crippen LogP) is 4.17. The molecule has 1 fully saturated rings. The molecular formula is C22H29N3O. The highest BCUT2D eigenvalue weighted by atomic mass is 16.2. The van der Waals surface area contributed by atoms with Crippen molar-refractivity contribution >= 4 is 5.91 Å². The zero-order chi connectivity index (χ0) is 18.7. The molecule has 0 spiro atoms. The molecule has 138 valence electrons. The lowest BCUT2D eigenvalue weighted by atomic mass is 9.84. The summed E-state index contributed by atoms with van der Waals surface area (Å²) in [5.41, 5.74) is 5.22. The number of hydrogen-bond acceptors (Lipinski definition) is 2. The second-order valence-electron chi connectivity index (χ2n) is 7.48. The van der Waals surface area contributed by atoms with Crippen LogP contribution in [0.4, 0.5) is 0 Å². The van der Waals surface area contributed by atoms with E-state index in [1.54, 1.807) is 6.08 Å². The third-order valence-electron chi connectivity index (χ3n) is 5.42. The fourth-order valence-electron chi connectivity index (χ4n) is 3.74. The second-order valence-corrected chi connectivity index (χ2v) is 7.48. The Morgan fingerprint density at radius 1 is 1.31 bits per heavy atom. The molecule has 1 heterocycles. The summed E-state index contributed by atoms with van der Waals surface area (Å²) < 4.78 is 2.16. The molecule has 1 aromatic carbocycles. The van der Waals surface area contributed by atoms with Gasteiger partial charge in [-0.2, -0.15) is 0 Å². The van der Waals surface area contributed by atoms with E-state index in [1.165, 1.54) is 28.7 Å². The van der Waals surface area contributed by atoms with E-state index >= 15 is 0 Å². The van der Waals surface area contributed by atoms with Crippen molar-refractivity contribution in [3.8, 4) is 0 Å². The van der Waals surface area contributed by atoms with Gasteiger partial charge in [-0.15, -0.1) is 6.58 Å². The van der Waals surface area contributed by atoms with E-state index in [0.717, 1.165) is 25.2 Å². The fourth-order valence-corrected chi connectivity index (χ4v) is 3.74. The smallest absolute Gasteiger partial charge is 0.226 e. The lowest BCUT2D eigenvalue weighted by Crippen LogP contribution is -2.39. The first-order chi connectivity index (χ1) is 12.5. The van der Waals surface area contributed by atoms with Gasteiger partial charge in [0.1, 0.15) is 5.82 Å². The van der Waals surface area contributed by atoms with Gasteiger partial charge >= 0.3 is 0 Å². The predicted molar refractivity (Wildman–Crippen MR) is 105 cm³/mol. The Labute approximate surface area is 156 Å². The molecule has 4 heteroatoms. The summed E-state index contributed by atoms with van der Waals surface area (Å²) in [4.78, 5) is 19.1. The Kier molecular flexibility index (Phi) is 5.60. The van der Waals surface area contributed by atoms with Crippen LogP contribution in [0, 0.1) is 26.7 Å². The Morgan fingerprint density at radius 3 is 2.58 bits per heavy atom. The molecule has 1 aromatic heterocycles. The van der Waals surface area contributed by atoms with E-state index in [2.05, 4.69) is 49.0 Å². The van der Waals surface area contributed by atoms with Gasteiger partial charge in [0, 0.05) is 31.4 Å². The standard InChI is InChI=1S/C22H29N3O/c1-5-10-25(22(26)19-7-6-8-19)15-21-23-9-11-24(21)14-20-17(3)12-16(2)13-18(20)4/h5,9,11-13,19H,1,6-8,10,14-15H2,2-4H3. The van der Waals surface area contributed by atoms with Gasteiger partial charge < -0.3 is 9.47 Å². The number of nitrogens with zero attached hydrogens (tertiary/aromatic N) is 3. The molecule has 0 aliphatic heterocycles. The van der Waals surface area contributed by atoms with Crippen LogP contribution < -0.4 is 0 Å². The minimum atomic E-state index is 0.194. The number of hydrogen-bond donors (Lipinski definition) is 0. The van der Waals surface area contributed by atoms with E-state index in [1.807, 2.05) is 17.3 Å². The summed E-state index contributed by atoms with van der Waals surface area (Å²) in [6, 6.07) is 4.45. The number of aryl methyl sites for hydroxylation is 3. The number of carbonyl (C=O) groups is 1. The Morgan fingerprint density at radius 2 is 2.00 bits per heavy atom. The average Bonchev–Trinajstić information content (AvgIpc) is 2.95. The van der Waals surface area contributed by atoms with Crippen molar-refractivity contribution in [3.05, 3.63) is 65.3 Å². The van der Waals surface area contributed by atoms with E-state index in [4.69, 9.17) is 0 Å². The summed E-state index contributed by atoms with van der Waals surface area (Å²) >= 11 is 0. The molecule has 0 radical (unpaired) electrons. The van der Waals surface area contributed by atoms with Gasteiger partial charge in [-0.1, -0.05) is 30.2 Å². The number of imidazole rings is 1. The number of benzene rings is 1. The summed E-state index contributed by atoms with van der Waals surface area (Å²) in [6.45, 7) is 12.2. The zero-order valence-corrected chi connectivity index (χ0v) is 16.2. The Balaban J connectivity index is 1.79. The molecule has 1 saturated carbocycles. The highest BCUT2D eigenvalue weighted by Gasteiger charge is 2.29. The first-order valence-electron chi connectivity index (χ1n) is 9.46. The quantitative estimate of drug-likeness (QED) is 0.702. The average molecular weight is 351 g/mol. The molecule has 1 aliphatic carbocycles. The van der Waals surface area contributed by atoms with Gasteiger partial charge in [0.25, 0.3) is 0 Å². The van der Waals surface area contributed by atoms with Crippen LogP contribution in [0.1, 0.15) is 47.3 Å². The lowest BCUT2D eigenvalue weighted by molar-refractivity contribution is -0.138. The minimum absolute atomic E-state index is 0.194. The lowest BCUT2D eigenvalue weighted by Gasteiger charge is -2.31. The number of amides is 1. The third-order valence-corrected chi connectivity index (χ3v) is 5.42. The fraction of sp³-hybridized carbons (Fsp3) is 0.455. The topological polar surface area (TPSA) is 38.1 Å². The van der Waals surface area contributed by atoms with Crippen LogP contribution in [0.5, 0.6) is 0 Å². The molecule has 0 atom stereocenters. The first-order valence-corrected chi connectivity index (χ1v) is 9.46. The molecule has 26 heavy (non-hydrogen) atoms. The van der Waals surface area contributed by atoms with E-state index < -0.39 is 0 Å². The minimum Gasteiger partial charge on any atom is -0.331 e. The SMILES string of the molecule is C=CCN(Cc1nccn1Cc1c(C)cc(C)cc1C)C(=O)C1CCC1. The highest BCUT2D eigenvalue weighted by Crippen LogP contribution is 2.28. The normalized spacial score (nSPS) is 14.1. The van der Waals surface area contributed by atoms with Crippen molar-refractivity contribution in [2.45, 2.75) is 53.1 Å². The van der Waals surface area contributed by atoms with Crippen molar-refractivity contribution in [2.24, 2.45) is 5.92 Å². The second kappa shape index (κ2) is 7.90. The molecule has 1 amide bonds. The van der Waals surface area contributed by atoms with Gasteiger partial charge in [0.05, 0.1) is 6.54 Å². The van der Waals surface area contributed by atoms with Crippen LogP contribution in [-0.4, -0.2) is 26.9 Å². The zero-order valence-electron chi connectivity index (χ0n) is 16.2.